The van der Waals surface area contributed by atoms with E-state index in [0.717, 1.165) is 25.5 Å². The molecule has 1 heterocycles. The number of hydrogen-bond donors (Lipinski definition) is 1. The van der Waals surface area contributed by atoms with Gasteiger partial charge < -0.3 is 5.32 Å². The molecule has 4 rings (SSSR count). The molecular formula is C23H23N3O4S. The number of carbonyl (C=O) groups excluding carboxylic acids is 2. The zero-order valence-electron chi connectivity index (χ0n) is 17.5. The van der Waals surface area contributed by atoms with E-state index < -0.39 is 21.6 Å². The zero-order valence-corrected chi connectivity index (χ0v) is 18.3. The first-order valence-corrected chi connectivity index (χ1v) is 11.2. The van der Waals surface area contributed by atoms with Crippen LogP contribution in [0.15, 0.2) is 71.6 Å². The number of rotatable bonds is 5. The summed E-state index contributed by atoms with van der Waals surface area (Å²) >= 11 is 0. The van der Waals surface area contributed by atoms with Gasteiger partial charge in [-0.2, -0.15) is 0 Å². The normalized spacial score (nSPS) is 19.3. The van der Waals surface area contributed by atoms with Crippen LogP contribution in [0.5, 0.6) is 0 Å². The minimum absolute atomic E-state index is 0.0260. The van der Waals surface area contributed by atoms with Crippen LogP contribution in [0.1, 0.15) is 18.1 Å². The molecule has 3 amide bonds. The molecule has 0 bridgehead atoms. The van der Waals surface area contributed by atoms with Crippen LogP contribution in [0.4, 0.5) is 4.79 Å². The predicted octanol–water partition coefficient (Wildman–Crippen LogP) is 3.06. The van der Waals surface area contributed by atoms with Gasteiger partial charge in [-0.1, -0.05) is 54.6 Å². The molecule has 0 aromatic heterocycles. The molecule has 0 radical (unpaired) electrons. The summed E-state index contributed by atoms with van der Waals surface area (Å²) in [5.41, 5.74) is 0.0506. The third-order valence-electron chi connectivity index (χ3n) is 5.62. The van der Waals surface area contributed by atoms with E-state index in [1.807, 2.05) is 42.5 Å². The van der Waals surface area contributed by atoms with Gasteiger partial charge in [0.25, 0.3) is 5.91 Å². The molecule has 31 heavy (non-hydrogen) atoms. The van der Waals surface area contributed by atoms with Crippen LogP contribution >= 0.6 is 0 Å². The second-order valence-corrected chi connectivity index (χ2v) is 10.1. The summed E-state index contributed by atoms with van der Waals surface area (Å²) in [5, 5.41) is 4.70. The van der Waals surface area contributed by atoms with Crippen molar-refractivity contribution in [1.29, 1.82) is 0 Å². The number of amides is 3. The Bertz CT molecular complexity index is 1300. The molecule has 1 atom stereocenters. The van der Waals surface area contributed by atoms with E-state index in [2.05, 4.69) is 5.32 Å². The average molecular weight is 438 g/mol. The molecule has 8 heteroatoms. The lowest BCUT2D eigenvalue weighted by atomic mass is 9.88. The van der Waals surface area contributed by atoms with Gasteiger partial charge in [0.15, 0.2) is 0 Å². The van der Waals surface area contributed by atoms with Crippen molar-refractivity contribution in [3.63, 3.8) is 0 Å². The summed E-state index contributed by atoms with van der Waals surface area (Å²) in [7, 11) is -0.714. The lowest BCUT2D eigenvalue weighted by Gasteiger charge is -2.24. The van der Waals surface area contributed by atoms with E-state index in [0.29, 0.717) is 5.56 Å². The number of fused-ring (bicyclic) bond motifs is 1. The molecule has 0 spiro atoms. The van der Waals surface area contributed by atoms with Crippen LogP contribution in [0, 0.1) is 0 Å². The van der Waals surface area contributed by atoms with Crippen molar-refractivity contribution in [3.8, 4) is 0 Å². The van der Waals surface area contributed by atoms with Gasteiger partial charge in [0.1, 0.15) is 5.54 Å². The number of benzene rings is 3. The fourth-order valence-corrected chi connectivity index (χ4v) is 4.85. The minimum atomic E-state index is -3.62. The molecule has 1 N–H and O–H groups in total. The molecule has 160 valence electrons. The van der Waals surface area contributed by atoms with Gasteiger partial charge >= 0.3 is 6.03 Å². The molecule has 1 aliphatic heterocycles. The third kappa shape index (κ3) is 3.47. The largest absolute Gasteiger partial charge is 0.325 e. The van der Waals surface area contributed by atoms with E-state index in [4.69, 9.17) is 0 Å². The van der Waals surface area contributed by atoms with E-state index in [1.165, 1.54) is 26.2 Å². The first kappa shape index (κ1) is 21.0. The Hall–Kier alpha value is -3.23. The van der Waals surface area contributed by atoms with E-state index >= 15 is 0 Å². The summed E-state index contributed by atoms with van der Waals surface area (Å²) < 4.78 is 26.0. The Morgan fingerprint density at radius 2 is 1.65 bits per heavy atom. The molecule has 0 aliphatic carbocycles. The highest BCUT2D eigenvalue weighted by Gasteiger charge is 2.49. The van der Waals surface area contributed by atoms with Crippen molar-refractivity contribution in [3.05, 3.63) is 77.9 Å². The first-order chi connectivity index (χ1) is 14.6. The molecular weight excluding hydrogens is 414 g/mol. The van der Waals surface area contributed by atoms with E-state index in [1.54, 1.807) is 19.1 Å². The lowest BCUT2D eigenvalue weighted by Crippen LogP contribution is -2.41. The van der Waals surface area contributed by atoms with Gasteiger partial charge in [-0.3, -0.25) is 9.69 Å². The van der Waals surface area contributed by atoms with Gasteiger partial charge in [-0.25, -0.2) is 17.5 Å². The van der Waals surface area contributed by atoms with Gasteiger partial charge in [0.2, 0.25) is 10.0 Å². The summed E-state index contributed by atoms with van der Waals surface area (Å²) in [6.45, 7) is 1.67. The summed E-state index contributed by atoms with van der Waals surface area (Å²) in [5.74, 6) is -0.380. The number of imide groups is 1. The Morgan fingerprint density at radius 1 is 0.968 bits per heavy atom. The maximum atomic E-state index is 13.4. The molecule has 1 aliphatic rings. The fourth-order valence-electron chi connectivity index (χ4n) is 3.88. The lowest BCUT2D eigenvalue weighted by molar-refractivity contribution is -0.131. The molecule has 7 nitrogen and oxygen atoms in total. The van der Waals surface area contributed by atoms with Crippen molar-refractivity contribution in [1.82, 2.24) is 14.5 Å². The Labute approximate surface area is 181 Å². The highest BCUT2D eigenvalue weighted by atomic mass is 32.2. The highest BCUT2D eigenvalue weighted by molar-refractivity contribution is 7.89. The Morgan fingerprint density at radius 3 is 2.39 bits per heavy atom. The molecule has 1 unspecified atom stereocenters. The van der Waals surface area contributed by atoms with Crippen molar-refractivity contribution >= 4 is 32.7 Å². The molecule has 3 aromatic rings. The molecule has 1 fully saturated rings. The SMILES string of the molecule is CN(C)S(=O)(=O)c1cccc(CN2C(=O)NC(C)(c3cccc4ccccc34)C2=O)c1. The Kier molecular flexibility index (Phi) is 5.07. The van der Waals surface area contributed by atoms with Crippen LogP contribution in [-0.4, -0.2) is 43.7 Å². The van der Waals surface area contributed by atoms with Crippen LogP contribution < -0.4 is 5.32 Å². The van der Waals surface area contributed by atoms with Gasteiger partial charge in [-0.15, -0.1) is 0 Å². The van der Waals surface area contributed by atoms with Crippen LogP contribution in [0.2, 0.25) is 0 Å². The van der Waals surface area contributed by atoms with Crippen molar-refractivity contribution in [2.45, 2.75) is 23.9 Å². The van der Waals surface area contributed by atoms with Gasteiger partial charge in [0, 0.05) is 14.1 Å². The number of nitrogens with zero attached hydrogens (tertiary/aromatic N) is 2. The van der Waals surface area contributed by atoms with Crippen LogP contribution in [-0.2, 0) is 26.9 Å². The minimum Gasteiger partial charge on any atom is -0.319 e. The van der Waals surface area contributed by atoms with Crippen molar-refractivity contribution in [2.75, 3.05) is 14.1 Å². The van der Waals surface area contributed by atoms with Gasteiger partial charge in [0.05, 0.1) is 11.4 Å². The number of urea groups is 1. The van der Waals surface area contributed by atoms with Crippen molar-refractivity contribution in [2.24, 2.45) is 0 Å². The number of carbonyl (C=O) groups is 2. The maximum Gasteiger partial charge on any atom is 0.325 e. The van der Waals surface area contributed by atoms with Crippen LogP contribution in [0.25, 0.3) is 10.8 Å². The van der Waals surface area contributed by atoms with Gasteiger partial charge in [-0.05, 0) is 41.0 Å². The molecule has 1 saturated heterocycles. The van der Waals surface area contributed by atoms with E-state index in [9.17, 15) is 18.0 Å². The highest BCUT2D eigenvalue weighted by Crippen LogP contribution is 2.34. The second kappa shape index (κ2) is 7.47. The first-order valence-electron chi connectivity index (χ1n) is 9.78. The number of sulfonamides is 1. The molecule has 0 saturated carbocycles. The summed E-state index contributed by atoms with van der Waals surface area (Å²) in [6.07, 6.45) is 0. The smallest absolute Gasteiger partial charge is 0.319 e. The third-order valence-corrected chi connectivity index (χ3v) is 7.43. The zero-order chi connectivity index (χ0) is 22.4. The second-order valence-electron chi connectivity index (χ2n) is 7.91. The summed E-state index contributed by atoms with van der Waals surface area (Å²) in [4.78, 5) is 27.4. The number of nitrogens with one attached hydrogen (secondary N) is 1. The standard InChI is InChI=1S/C23H23N3O4S/c1-23(20-13-7-10-17-9-4-5-12-19(17)20)21(27)26(22(28)24-23)15-16-8-6-11-18(14-16)31(29,30)25(2)3/h4-14H,15H2,1-3H3,(H,24,28). The monoisotopic (exact) mass is 437 g/mol. The van der Waals surface area contributed by atoms with Crippen molar-refractivity contribution < 1.29 is 18.0 Å². The molecule has 3 aromatic carbocycles. The fraction of sp³-hybridized carbons (Fsp3) is 0.217. The summed E-state index contributed by atoms with van der Waals surface area (Å²) in [6, 6.07) is 19.1. The Balaban J connectivity index is 1.68. The number of hydrogen-bond acceptors (Lipinski definition) is 4. The maximum absolute atomic E-state index is 13.4. The topological polar surface area (TPSA) is 86.8 Å². The van der Waals surface area contributed by atoms with Crippen LogP contribution in [0.3, 0.4) is 0 Å². The quantitative estimate of drug-likeness (QED) is 0.622. The van der Waals surface area contributed by atoms with E-state index in [-0.39, 0.29) is 17.3 Å². The average Bonchev–Trinajstić information content (AvgIpc) is 2.97. The predicted molar refractivity (Wildman–Crippen MR) is 118 cm³/mol.